The second-order valence-electron chi connectivity index (χ2n) is 4.63. The summed E-state index contributed by atoms with van der Waals surface area (Å²) in [4.78, 5) is 13.1. The van der Waals surface area contributed by atoms with Gasteiger partial charge in [-0.05, 0) is 29.7 Å². The van der Waals surface area contributed by atoms with Gasteiger partial charge in [0.25, 0.3) is 0 Å². The molecule has 1 heterocycles. The summed E-state index contributed by atoms with van der Waals surface area (Å²) >= 11 is 0. The molecule has 1 atom stereocenters. The van der Waals surface area contributed by atoms with E-state index in [1.807, 2.05) is 6.07 Å². The summed E-state index contributed by atoms with van der Waals surface area (Å²) in [7, 11) is 0. The van der Waals surface area contributed by atoms with Gasteiger partial charge in [0, 0.05) is 25.7 Å². The zero-order valence-corrected chi connectivity index (χ0v) is 10.0. The van der Waals surface area contributed by atoms with Gasteiger partial charge in [-0.2, -0.15) is 0 Å². The van der Waals surface area contributed by atoms with Crippen molar-refractivity contribution in [3.8, 4) is 0 Å². The van der Waals surface area contributed by atoms with E-state index < -0.39 is 5.97 Å². The summed E-state index contributed by atoms with van der Waals surface area (Å²) < 4.78 is 0. The molecule has 0 saturated carbocycles. The molecule has 3 N–H and O–H groups in total. The second kappa shape index (κ2) is 4.85. The van der Waals surface area contributed by atoms with E-state index in [2.05, 4.69) is 11.8 Å². The first-order chi connectivity index (χ1) is 8.10. The molecule has 17 heavy (non-hydrogen) atoms. The monoisotopic (exact) mass is 234 g/mol. The van der Waals surface area contributed by atoms with E-state index >= 15 is 0 Å². The number of carboxylic acid groups (broad SMARTS) is 1. The van der Waals surface area contributed by atoms with Gasteiger partial charge in [-0.1, -0.05) is 13.0 Å². The van der Waals surface area contributed by atoms with E-state index in [0.717, 1.165) is 31.6 Å². The molecule has 0 amide bonds. The van der Waals surface area contributed by atoms with E-state index in [1.165, 1.54) is 5.56 Å². The number of carboxylic acids is 1. The first-order valence-electron chi connectivity index (χ1n) is 5.93. The average molecular weight is 234 g/mol. The van der Waals surface area contributed by atoms with E-state index in [4.69, 9.17) is 10.8 Å². The summed E-state index contributed by atoms with van der Waals surface area (Å²) in [6.07, 6.45) is 0.965. The number of fused-ring (bicyclic) bond motifs is 1. The summed E-state index contributed by atoms with van der Waals surface area (Å²) in [6.45, 7) is 4.64. The fraction of sp³-hybridized carbons (Fsp3) is 0.462. The lowest BCUT2D eigenvalue weighted by molar-refractivity contribution is 0.0696. The first-order valence-corrected chi connectivity index (χ1v) is 5.93. The minimum Gasteiger partial charge on any atom is -0.478 e. The molecule has 4 nitrogen and oxygen atoms in total. The topological polar surface area (TPSA) is 66.6 Å². The molecule has 1 unspecified atom stereocenters. The average Bonchev–Trinajstić information content (AvgIpc) is 2.69. The molecule has 0 aromatic heterocycles. The Labute approximate surface area is 101 Å². The van der Waals surface area contributed by atoms with Crippen LogP contribution in [0.2, 0.25) is 0 Å². The van der Waals surface area contributed by atoms with Gasteiger partial charge in [0.2, 0.25) is 0 Å². The smallest absolute Gasteiger partial charge is 0.335 e. The molecule has 4 heteroatoms. The van der Waals surface area contributed by atoms with Crippen molar-refractivity contribution in [1.29, 1.82) is 0 Å². The maximum atomic E-state index is 10.9. The highest BCUT2D eigenvalue weighted by molar-refractivity contribution is 5.87. The minimum atomic E-state index is -0.864. The Balaban J connectivity index is 2.08. The minimum absolute atomic E-state index is 0.197. The van der Waals surface area contributed by atoms with Gasteiger partial charge in [-0.3, -0.25) is 4.90 Å². The lowest BCUT2D eigenvalue weighted by atomic mass is 10.1. The molecule has 0 fully saturated rings. The van der Waals surface area contributed by atoms with Crippen LogP contribution in [0, 0.1) is 0 Å². The third kappa shape index (κ3) is 2.65. The highest BCUT2D eigenvalue weighted by Crippen LogP contribution is 2.23. The Morgan fingerprint density at radius 3 is 2.82 bits per heavy atom. The molecule has 0 aliphatic carbocycles. The van der Waals surface area contributed by atoms with Crippen molar-refractivity contribution in [1.82, 2.24) is 4.90 Å². The molecule has 2 rings (SSSR count). The van der Waals surface area contributed by atoms with Crippen LogP contribution in [0.1, 0.15) is 34.8 Å². The molecule has 0 spiro atoms. The zero-order valence-electron chi connectivity index (χ0n) is 10.0. The number of hydrogen-bond donors (Lipinski definition) is 2. The number of nitrogens with zero attached hydrogens (tertiary/aromatic N) is 1. The highest BCUT2D eigenvalue weighted by Gasteiger charge is 2.21. The Morgan fingerprint density at radius 2 is 2.18 bits per heavy atom. The van der Waals surface area contributed by atoms with Crippen LogP contribution in [0.25, 0.3) is 0 Å². The summed E-state index contributed by atoms with van der Waals surface area (Å²) in [5, 5.41) is 8.93. The Hall–Kier alpha value is -1.39. The number of benzene rings is 1. The van der Waals surface area contributed by atoms with E-state index in [9.17, 15) is 4.79 Å². The van der Waals surface area contributed by atoms with Crippen LogP contribution in [0.4, 0.5) is 0 Å². The normalized spacial score (nSPS) is 16.8. The second-order valence-corrected chi connectivity index (χ2v) is 4.63. The maximum Gasteiger partial charge on any atom is 0.335 e. The quantitative estimate of drug-likeness (QED) is 0.827. The molecule has 0 radical (unpaired) electrons. The van der Waals surface area contributed by atoms with Crippen LogP contribution < -0.4 is 5.73 Å². The van der Waals surface area contributed by atoms with Crippen LogP contribution in [-0.2, 0) is 13.1 Å². The van der Waals surface area contributed by atoms with Crippen LogP contribution in [-0.4, -0.2) is 28.6 Å². The van der Waals surface area contributed by atoms with Crippen molar-refractivity contribution in [2.24, 2.45) is 5.73 Å². The summed E-state index contributed by atoms with van der Waals surface area (Å²) in [5.41, 5.74) is 8.64. The molecule has 1 aromatic carbocycles. The Bertz CT molecular complexity index is 431. The fourth-order valence-electron chi connectivity index (χ4n) is 2.19. The van der Waals surface area contributed by atoms with Crippen molar-refractivity contribution >= 4 is 5.97 Å². The van der Waals surface area contributed by atoms with Crippen molar-refractivity contribution in [3.63, 3.8) is 0 Å². The largest absolute Gasteiger partial charge is 0.478 e. The Morgan fingerprint density at radius 1 is 1.47 bits per heavy atom. The summed E-state index contributed by atoms with van der Waals surface area (Å²) in [6, 6.07) is 5.55. The van der Waals surface area contributed by atoms with Gasteiger partial charge < -0.3 is 10.8 Å². The standard InChI is InChI=1S/C13H18N2O2/c1-2-12(14)8-15-6-10-4-3-9(13(16)17)5-11(10)7-15/h3-5,12H,2,6-8,14H2,1H3,(H,16,17). The van der Waals surface area contributed by atoms with E-state index in [1.54, 1.807) is 12.1 Å². The van der Waals surface area contributed by atoms with Crippen LogP contribution >= 0.6 is 0 Å². The molecular formula is C13H18N2O2. The van der Waals surface area contributed by atoms with Crippen molar-refractivity contribution < 1.29 is 9.90 Å². The van der Waals surface area contributed by atoms with Crippen LogP contribution in [0.3, 0.4) is 0 Å². The molecule has 1 aromatic rings. The Kier molecular flexibility index (Phi) is 3.45. The lowest BCUT2D eigenvalue weighted by Gasteiger charge is -2.18. The van der Waals surface area contributed by atoms with Gasteiger partial charge in [0.15, 0.2) is 0 Å². The van der Waals surface area contributed by atoms with Gasteiger partial charge in [0.05, 0.1) is 5.56 Å². The van der Waals surface area contributed by atoms with Crippen LogP contribution in [0.5, 0.6) is 0 Å². The van der Waals surface area contributed by atoms with Gasteiger partial charge in [-0.25, -0.2) is 4.79 Å². The van der Waals surface area contributed by atoms with Gasteiger partial charge in [-0.15, -0.1) is 0 Å². The van der Waals surface area contributed by atoms with Crippen molar-refractivity contribution in [2.45, 2.75) is 32.5 Å². The highest BCUT2D eigenvalue weighted by atomic mass is 16.4. The predicted octanol–water partition coefficient (Wildman–Crippen LogP) is 1.44. The molecular weight excluding hydrogens is 216 g/mol. The SMILES string of the molecule is CCC(N)CN1Cc2ccc(C(=O)O)cc2C1. The number of rotatable bonds is 4. The maximum absolute atomic E-state index is 10.9. The molecule has 92 valence electrons. The number of nitrogens with two attached hydrogens (primary N) is 1. The lowest BCUT2D eigenvalue weighted by Crippen LogP contribution is -2.33. The number of carbonyl (C=O) groups is 1. The molecule has 0 saturated heterocycles. The van der Waals surface area contributed by atoms with Crippen LogP contribution in [0.15, 0.2) is 18.2 Å². The zero-order chi connectivity index (χ0) is 12.4. The first kappa shape index (κ1) is 12.1. The van der Waals surface area contributed by atoms with Crippen molar-refractivity contribution in [3.05, 3.63) is 34.9 Å². The van der Waals surface area contributed by atoms with Gasteiger partial charge in [0.1, 0.15) is 0 Å². The third-order valence-electron chi connectivity index (χ3n) is 3.26. The molecule has 0 bridgehead atoms. The third-order valence-corrected chi connectivity index (χ3v) is 3.26. The van der Waals surface area contributed by atoms with E-state index in [0.29, 0.717) is 5.56 Å². The molecule has 1 aliphatic heterocycles. The number of aromatic carboxylic acids is 1. The fourth-order valence-corrected chi connectivity index (χ4v) is 2.19. The van der Waals surface area contributed by atoms with E-state index in [-0.39, 0.29) is 6.04 Å². The predicted molar refractivity (Wildman–Crippen MR) is 65.8 cm³/mol. The molecule has 1 aliphatic rings. The number of hydrogen-bond acceptors (Lipinski definition) is 3. The van der Waals surface area contributed by atoms with Crippen molar-refractivity contribution in [2.75, 3.05) is 6.54 Å². The summed E-state index contributed by atoms with van der Waals surface area (Å²) in [5.74, 6) is -0.864. The van der Waals surface area contributed by atoms with Gasteiger partial charge >= 0.3 is 5.97 Å².